The van der Waals surface area contributed by atoms with Gasteiger partial charge in [0.25, 0.3) is 0 Å². The molecular formula is C21H25F3N2. The Hall–Kier alpha value is -1.85. The average molecular weight is 362 g/mol. The molecule has 26 heavy (non-hydrogen) atoms. The number of piperidine rings is 1. The van der Waals surface area contributed by atoms with E-state index in [1.54, 1.807) is 0 Å². The highest BCUT2D eigenvalue weighted by atomic mass is 19.2. The first-order valence-corrected chi connectivity index (χ1v) is 9.19. The maximum absolute atomic E-state index is 13.8. The van der Waals surface area contributed by atoms with Gasteiger partial charge in [0.1, 0.15) is 5.82 Å². The number of nitrogens with two attached hydrogens (primary N) is 1. The Morgan fingerprint density at radius 1 is 1.04 bits per heavy atom. The number of nitrogens with zero attached hydrogens (tertiary/aromatic N) is 1. The van der Waals surface area contributed by atoms with Gasteiger partial charge >= 0.3 is 0 Å². The van der Waals surface area contributed by atoms with Crippen LogP contribution < -0.4 is 5.73 Å². The lowest BCUT2D eigenvalue weighted by molar-refractivity contribution is 0.201. The molecule has 0 bridgehead atoms. The van der Waals surface area contributed by atoms with Crippen LogP contribution in [0, 0.1) is 17.5 Å². The van der Waals surface area contributed by atoms with Gasteiger partial charge in [0, 0.05) is 18.7 Å². The van der Waals surface area contributed by atoms with E-state index < -0.39 is 17.5 Å². The van der Waals surface area contributed by atoms with Crippen LogP contribution in [0.3, 0.4) is 0 Å². The lowest BCUT2D eigenvalue weighted by Gasteiger charge is -2.33. The molecule has 2 aromatic carbocycles. The summed E-state index contributed by atoms with van der Waals surface area (Å²) in [5.41, 5.74) is 7.62. The van der Waals surface area contributed by atoms with E-state index in [1.165, 1.54) is 12.0 Å². The molecule has 0 amide bonds. The van der Waals surface area contributed by atoms with Crippen LogP contribution in [-0.2, 0) is 6.42 Å². The number of rotatable bonds is 6. The third kappa shape index (κ3) is 4.86. The summed E-state index contributed by atoms with van der Waals surface area (Å²) in [6.07, 6.45) is 3.23. The highest BCUT2D eigenvalue weighted by molar-refractivity contribution is 5.21. The van der Waals surface area contributed by atoms with Gasteiger partial charge < -0.3 is 10.6 Å². The maximum atomic E-state index is 13.8. The predicted molar refractivity (Wildman–Crippen MR) is 97.5 cm³/mol. The fraction of sp³-hybridized carbons (Fsp3) is 0.429. The fourth-order valence-corrected chi connectivity index (χ4v) is 3.71. The Labute approximate surface area is 152 Å². The minimum absolute atomic E-state index is 0.136. The third-order valence-corrected chi connectivity index (χ3v) is 5.16. The van der Waals surface area contributed by atoms with Gasteiger partial charge in [0.15, 0.2) is 11.6 Å². The van der Waals surface area contributed by atoms with Gasteiger partial charge in [-0.1, -0.05) is 30.3 Å². The molecule has 2 nitrogen and oxygen atoms in total. The molecule has 1 fully saturated rings. The number of benzene rings is 2. The van der Waals surface area contributed by atoms with Crippen molar-refractivity contribution >= 4 is 0 Å². The van der Waals surface area contributed by atoms with Crippen LogP contribution in [-0.4, -0.2) is 30.6 Å². The van der Waals surface area contributed by atoms with Gasteiger partial charge in [0.2, 0.25) is 0 Å². The van der Waals surface area contributed by atoms with Crippen molar-refractivity contribution in [2.24, 2.45) is 5.73 Å². The molecule has 0 aliphatic carbocycles. The molecule has 140 valence electrons. The Morgan fingerprint density at radius 3 is 2.54 bits per heavy atom. The molecule has 0 radical (unpaired) electrons. The van der Waals surface area contributed by atoms with E-state index in [0.29, 0.717) is 18.4 Å². The van der Waals surface area contributed by atoms with Gasteiger partial charge in [-0.15, -0.1) is 0 Å². The van der Waals surface area contributed by atoms with Crippen LogP contribution in [0.2, 0.25) is 0 Å². The van der Waals surface area contributed by atoms with E-state index in [0.717, 1.165) is 32.1 Å². The van der Waals surface area contributed by atoms with Gasteiger partial charge in [-0.2, -0.15) is 0 Å². The number of likely N-dealkylation sites (tertiary alicyclic amines) is 1. The van der Waals surface area contributed by atoms with Crippen molar-refractivity contribution in [3.05, 3.63) is 71.0 Å². The highest BCUT2D eigenvalue weighted by Crippen LogP contribution is 2.26. The molecule has 5 heteroatoms. The van der Waals surface area contributed by atoms with Crippen molar-refractivity contribution in [2.75, 3.05) is 19.6 Å². The molecule has 0 spiro atoms. The second-order valence-electron chi connectivity index (χ2n) is 7.16. The monoisotopic (exact) mass is 362 g/mol. The zero-order valence-corrected chi connectivity index (χ0v) is 14.8. The predicted octanol–water partition coefficient (Wildman–Crippen LogP) is 4.24. The summed E-state index contributed by atoms with van der Waals surface area (Å²) >= 11 is 0. The molecule has 1 aliphatic heterocycles. The van der Waals surface area contributed by atoms with E-state index in [2.05, 4.69) is 29.2 Å². The Kier molecular flexibility index (Phi) is 6.33. The average Bonchev–Trinajstić information content (AvgIpc) is 2.65. The first-order valence-electron chi connectivity index (χ1n) is 9.19. The summed E-state index contributed by atoms with van der Waals surface area (Å²) in [5.74, 6) is -2.40. The van der Waals surface area contributed by atoms with E-state index >= 15 is 0 Å². The van der Waals surface area contributed by atoms with Crippen molar-refractivity contribution in [3.8, 4) is 0 Å². The molecule has 1 unspecified atom stereocenters. The summed E-state index contributed by atoms with van der Waals surface area (Å²) in [7, 11) is 0. The van der Waals surface area contributed by atoms with E-state index in [1.807, 2.05) is 6.07 Å². The van der Waals surface area contributed by atoms with Crippen LogP contribution in [0.4, 0.5) is 13.2 Å². The lowest BCUT2D eigenvalue weighted by atomic mass is 9.90. The second-order valence-corrected chi connectivity index (χ2v) is 7.16. The van der Waals surface area contributed by atoms with Crippen molar-refractivity contribution < 1.29 is 13.2 Å². The number of hydrogen-bond acceptors (Lipinski definition) is 2. The summed E-state index contributed by atoms with van der Waals surface area (Å²) in [4.78, 5) is 2.39. The Balaban J connectivity index is 1.51. The number of hydrogen-bond donors (Lipinski definition) is 1. The first kappa shape index (κ1) is 18.9. The van der Waals surface area contributed by atoms with Crippen molar-refractivity contribution in [1.82, 2.24) is 4.90 Å². The van der Waals surface area contributed by atoms with E-state index in [4.69, 9.17) is 5.73 Å². The van der Waals surface area contributed by atoms with E-state index in [-0.39, 0.29) is 18.0 Å². The molecule has 0 aromatic heterocycles. The zero-order valence-electron chi connectivity index (χ0n) is 14.8. The molecule has 1 saturated heterocycles. The molecule has 1 heterocycles. The first-order chi connectivity index (χ1) is 12.5. The molecule has 1 aliphatic rings. The number of halogens is 3. The smallest absolute Gasteiger partial charge is 0.161 e. The minimum atomic E-state index is -1.17. The Morgan fingerprint density at radius 2 is 1.77 bits per heavy atom. The normalized spacial score (nSPS) is 19.5. The summed E-state index contributed by atoms with van der Waals surface area (Å²) in [6, 6.07) is 11.7. The van der Waals surface area contributed by atoms with Crippen molar-refractivity contribution in [2.45, 2.75) is 37.6 Å². The highest BCUT2D eigenvalue weighted by Gasteiger charge is 2.21. The van der Waals surface area contributed by atoms with Crippen LogP contribution in [0.25, 0.3) is 0 Å². The maximum Gasteiger partial charge on any atom is 0.161 e. The third-order valence-electron chi connectivity index (χ3n) is 5.16. The van der Waals surface area contributed by atoms with Crippen molar-refractivity contribution in [3.63, 3.8) is 0 Å². The largest absolute Gasteiger partial charge is 0.327 e. The van der Waals surface area contributed by atoms with E-state index in [9.17, 15) is 13.2 Å². The van der Waals surface area contributed by atoms with Gasteiger partial charge in [-0.05, 0) is 61.9 Å². The van der Waals surface area contributed by atoms with Gasteiger partial charge in [0.05, 0.1) is 0 Å². The summed E-state index contributed by atoms with van der Waals surface area (Å²) < 4.78 is 40.1. The quantitative estimate of drug-likeness (QED) is 0.779. The zero-order chi connectivity index (χ0) is 18.5. The van der Waals surface area contributed by atoms with Crippen LogP contribution in [0.15, 0.2) is 42.5 Å². The molecule has 2 atom stereocenters. The van der Waals surface area contributed by atoms with Gasteiger partial charge in [-0.3, -0.25) is 0 Å². The van der Waals surface area contributed by atoms with Crippen molar-refractivity contribution in [1.29, 1.82) is 0 Å². The van der Waals surface area contributed by atoms with Crippen LogP contribution >= 0.6 is 0 Å². The molecule has 2 N–H and O–H groups in total. The standard InChI is InChI=1S/C21H25F3N2/c22-19-13-21(24)20(23)12-17(19)11-18(25)8-10-26-9-4-7-16(14-26)15-5-2-1-3-6-15/h1-3,5-6,12-13,16,18H,4,7-11,14,25H2/t16?,18-/m0/s1. The molecule has 3 rings (SSSR count). The fourth-order valence-electron chi connectivity index (χ4n) is 3.71. The minimum Gasteiger partial charge on any atom is -0.327 e. The molecule has 2 aromatic rings. The topological polar surface area (TPSA) is 29.3 Å². The molecular weight excluding hydrogens is 337 g/mol. The Bertz CT molecular complexity index is 721. The summed E-state index contributed by atoms with van der Waals surface area (Å²) in [5, 5.41) is 0. The second kappa shape index (κ2) is 8.69. The summed E-state index contributed by atoms with van der Waals surface area (Å²) in [6.45, 7) is 2.86. The van der Waals surface area contributed by atoms with Crippen LogP contribution in [0.5, 0.6) is 0 Å². The van der Waals surface area contributed by atoms with Gasteiger partial charge in [-0.25, -0.2) is 13.2 Å². The molecule has 0 saturated carbocycles. The lowest BCUT2D eigenvalue weighted by Crippen LogP contribution is -2.38. The SMILES string of the molecule is N[C@@H](CCN1CCCC(c2ccccc2)C1)Cc1cc(F)c(F)cc1F. The van der Waals surface area contributed by atoms with Crippen LogP contribution in [0.1, 0.15) is 36.3 Å².